The minimum absolute atomic E-state index is 0.0240. The lowest BCUT2D eigenvalue weighted by Gasteiger charge is -2.04. The summed E-state index contributed by atoms with van der Waals surface area (Å²) in [5.41, 5.74) is 0.788. The molecule has 0 fully saturated rings. The van der Waals surface area contributed by atoms with Crippen molar-refractivity contribution in [1.29, 1.82) is 0 Å². The summed E-state index contributed by atoms with van der Waals surface area (Å²) in [4.78, 5) is 16.3. The van der Waals surface area contributed by atoms with Crippen molar-refractivity contribution in [3.05, 3.63) is 33.4 Å². The summed E-state index contributed by atoms with van der Waals surface area (Å²) in [7, 11) is 0. The minimum Gasteiger partial charge on any atom is -0.267 e. The summed E-state index contributed by atoms with van der Waals surface area (Å²) < 4.78 is 2.42. The van der Waals surface area contributed by atoms with Gasteiger partial charge >= 0.3 is 0 Å². The molecule has 3 rings (SSSR count). The van der Waals surface area contributed by atoms with Gasteiger partial charge in [0.2, 0.25) is 0 Å². The van der Waals surface area contributed by atoms with Gasteiger partial charge in [-0.05, 0) is 18.4 Å². The molecule has 3 heterocycles. The number of rotatable bonds is 2. The van der Waals surface area contributed by atoms with E-state index < -0.39 is 0 Å². The predicted octanol–water partition coefficient (Wildman–Crippen LogP) is 2.60. The lowest BCUT2D eigenvalue weighted by molar-refractivity contribution is 0.627. The van der Waals surface area contributed by atoms with Crippen LogP contribution >= 0.6 is 22.7 Å². The first-order valence-electron chi connectivity index (χ1n) is 5.19. The first-order valence-corrected chi connectivity index (χ1v) is 6.95. The van der Waals surface area contributed by atoms with E-state index in [0.717, 1.165) is 20.8 Å². The number of aryl methyl sites for hydroxylation is 1. The number of thiophene rings is 1. The van der Waals surface area contributed by atoms with Crippen LogP contribution in [0.15, 0.2) is 27.8 Å². The van der Waals surface area contributed by atoms with Crippen LogP contribution in [0.1, 0.15) is 6.92 Å². The largest absolute Gasteiger partial charge is 0.275 e. The van der Waals surface area contributed by atoms with Gasteiger partial charge in [-0.2, -0.15) is 5.10 Å². The number of thiazole rings is 1. The Morgan fingerprint density at radius 3 is 2.94 bits per heavy atom. The fourth-order valence-corrected chi connectivity index (χ4v) is 3.27. The molecule has 17 heavy (non-hydrogen) atoms. The molecule has 0 aromatic carbocycles. The Morgan fingerprint density at radius 1 is 1.35 bits per heavy atom. The quantitative estimate of drug-likeness (QED) is 0.714. The van der Waals surface area contributed by atoms with Crippen LogP contribution in [0.4, 0.5) is 0 Å². The van der Waals surface area contributed by atoms with E-state index in [4.69, 9.17) is 0 Å². The molecule has 86 valence electrons. The van der Waals surface area contributed by atoms with E-state index in [1.165, 1.54) is 27.4 Å². The van der Waals surface area contributed by atoms with Crippen molar-refractivity contribution in [1.82, 2.24) is 14.8 Å². The molecular formula is C11H9N3OS2. The van der Waals surface area contributed by atoms with Crippen LogP contribution in [0.2, 0.25) is 0 Å². The van der Waals surface area contributed by atoms with Gasteiger partial charge in [0.05, 0.1) is 10.1 Å². The van der Waals surface area contributed by atoms with E-state index in [1.807, 2.05) is 23.8 Å². The van der Waals surface area contributed by atoms with Gasteiger partial charge in [0.25, 0.3) is 5.56 Å². The van der Waals surface area contributed by atoms with E-state index in [0.29, 0.717) is 6.54 Å². The number of aromatic nitrogens is 3. The van der Waals surface area contributed by atoms with Gasteiger partial charge in [0.15, 0.2) is 0 Å². The zero-order valence-corrected chi connectivity index (χ0v) is 10.7. The van der Waals surface area contributed by atoms with Crippen molar-refractivity contribution in [2.45, 2.75) is 13.5 Å². The van der Waals surface area contributed by atoms with Crippen LogP contribution in [-0.4, -0.2) is 14.8 Å². The Kier molecular flexibility index (Phi) is 2.53. The van der Waals surface area contributed by atoms with E-state index in [1.54, 1.807) is 6.20 Å². The number of hydrogen-bond donors (Lipinski definition) is 0. The highest BCUT2D eigenvalue weighted by molar-refractivity contribution is 7.18. The first-order chi connectivity index (χ1) is 8.31. The second kappa shape index (κ2) is 4.05. The van der Waals surface area contributed by atoms with Gasteiger partial charge in [-0.15, -0.1) is 22.7 Å². The summed E-state index contributed by atoms with van der Waals surface area (Å²) in [6.07, 6.45) is 1.75. The maximum Gasteiger partial charge on any atom is 0.275 e. The third-order valence-electron chi connectivity index (χ3n) is 2.50. The highest BCUT2D eigenvalue weighted by Crippen LogP contribution is 2.29. The standard InChI is InChI=1S/C11H9N3OS2/c1-2-14-11(15)7-3-5-16-9(7)8(13-14)10-12-4-6-17-10/h3-6H,2H2,1H3. The molecule has 0 saturated heterocycles. The monoisotopic (exact) mass is 263 g/mol. The molecule has 3 aromatic rings. The molecule has 0 atom stereocenters. The van der Waals surface area contributed by atoms with Crippen molar-refractivity contribution in [3.8, 4) is 10.7 Å². The van der Waals surface area contributed by atoms with Gasteiger partial charge in [-0.3, -0.25) is 4.79 Å². The lowest BCUT2D eigenvalue weighted by atomic mass is 10.3. The normalized spacial score (nSPS) is 11.1. The lowest BCUT2D eigenvalue weighted by Crippen LogP contribution is -2.22. The summed E-state index contributed by atoms with van der Waals surface area (Å²) in [5, 5.41) is 9.83. The van der Waals surface area contributed by atoms with E-state index >= 15 is 0 Å². The molecule has 4 nitrogen and oxygen atoms in total. The van der Waals surface area contributed by atoms with Crippen molar-refractivity contribution >= 4 is 32.8 Å². The second-order valence-electron chi connectivity index (χ2n) is 3.47. The average Bonchev–Trinajstić information content (AvgIpc) is 3.00. The average molecular weight is 263 g/mol. The molecule has 6 heteroatoms. The Morgan fingerprint density at radius 2 is 2.24 bits per heavy atom. The fraction of sp³-hybridized carbons (Fsp3) is 0.182. The Bertz CT molecular complexity index is 712. The summed E-state index contributed by atoms with van der Waals surface area (Å²) >= 11 is 3.07. The zero-order chi connectivity index (χ0) is 11.8. The van der Waals surface area contributed by atoms with Crippen LogP contribution in [0.5, 0.6) is 0 Å². The van der Waals surface area contributed by atoms with Crippen molar-refractivity contribution in [2.75, 3.05) is 0 Å². The van der Waals surface area contributed by atoms with Crippen LogP contribution < -0.4 is 5.56 Å². The highest BCUT2D eigenvalue weighted by atomic mass is 32.1. The summed E-state index contributed by atoms with van der Waals surface area (Å²) in [5.74, 6) is 0. The molecule has 0 N–H and O–H groups in total. The molecule has 0 aliphatic heterocycles. The Labute approximate surface area is 105 Å². The van der Waals surface area contributed by atoms with Gasteiger partial charge in [-0.1, -0.05) is 0 Å². The van der Waals surface area contributed by atoms with Crippen LogP contribution in [0, 0.1) is 0 Å². The van der Waals surface area contributed by atoms with Gasteiger partial charge in [-0.25, -0.2) is 9.67 Å². The van der Waals surface area contributed by atoms with Crippen molar-refractivity contribution in [2.24, 2.45) is 0 Å². The van der Waals surface area contributed by atoms with E-state index in [-0.39, 0.29) is 5.56 Å². The highest BCUT2D eigenvalue weighted by Gasteiger charge is 2.14. The van der Waals surface area contributed by atoms with Crippen LogP contribution in [0.25, 0.3) is 20.8 Å². The van der Waals surface area contributed by atoms with Gasteiger partial charge in [0, 0.05) is 18.1 Å². The molecule has 0 radical (unpaired) electrons. The molecule has 0 spiro atoms. The molecule has 0 aliphatic carbocycles. The number of hydrogen-bond acceptors (Lipinski definition) is 5. The molecule has 0 bridgehead atoms. The van der Waals surface area contributed by atoms with Crippen LogP contribution in [0.3, 0.4) is 0 Å². The van der Waals surface area contributed by atoms with Gasteiger partial charge < -0.3 is 0 Å². The Hall–Kier alpha value is -1.53. The molecule has 0 unspecified atom stereocenters. The fourth-order valence-electron chi connectivity index (χ4n) is 1.71. The third kappa shape index (κ3) is 1.60. The van der Waals surface area contributed by atoms with Crippen molar-refractivity contribution in [3.63, 3.8) is 0 Å². The van der Waals surface area contributed by atoms with Crippen LogP contribution in [-0.2, 0) is 6.54 Å². The summed E-state index contributed by atoms with van der Waals surface area (Å²) in [6, 6.07) is 1.85. The Balaban J connectivity index is 2.42. The van der Waals surface area contributed by atoms with Crippen molar-refractivity contribution < 1.29 is 0 Å². The maximum absolute atomic E-state index is 12.0. The SMILES string of the molecule is CCn1nc(-c2nccs2)c2sccc2c1=O. The summed E-state index contributed by atoms with van der Waals surface area (Å²) in [6.45, 7) is 2.49. The topological polar surface area (TPSA) is 47.8 Å². The minimum atomic E-state index is -0.0240. The van der Waals surface area contributed by atoms with E-state index in [2.05, 4.69) is 10.1 Å². The smallest absolute Gasteiger partial charge is 0.267 e. The second-order valence-corrected chi connectivity index (χ2v) is 5.28. The molecule has 0 aliphatic rings. The van der Waals surface area contributed by atoms with Gasteiger partial charge in [0.1, 0.15) is 10.7 Å². The molecule has 3 aromatic heterocycles. The number of fused-ring (bicyclic) bond motifs is 1. The zero-order valence-electron chi connectivity index (χ0n) is 9.08. The third-order valence-corrected chi connectivity index (χ3v) is 4.20. The molecular weight excluding hydrogens is 254 g/mol. The number of nitrogens with zero attached hydrogens (tertiary/aromatic N) is 3. The molecule has 0 amide bonds. The first kappa shape index (κ1) is 10.6. The molecule has 0 saturated carbocycles. The van der Waals surface area contributed by atoms with E-state index in [9.17, 15) is 4.79 Å². The predicted molar refractivity (Wildman–Crippen MR) is 70.7 cm³/mol. The maximum atomic E-state index is 12.0.